The first-order chi connectivity index (χ1) is 6.11. The monoisotopic (exact) mass is 185 g/mol. The standard InChI is InChI=1S/C9H19N3O/c1-4-6-11-9(10)12-8(13)7(3)5-2/h7H,4-6H2,1-3H3,(H3,10,11,12,13). The molecule has 1 unspecified atom stereocenters. The lowest BCUT2D eigenvalue weighted by molar-refractivity contribution is -0.123. The molecule has 1 amide bonds. The van der Waals surface area contributed by atoms with E-state index in [0.717, 1.165) is 12.8 Å². The molecule has 0 spiro atoms. The first-order valence-electron chi connectivity index (χ1n) is 4.72. The molecule has 1 atom stereocenters. The average Bonchev–Trinajstić information content (AvgIpc) is 2.13. The van der Waals surface area contributed by atoms with Gasteiger partial charge < -0.3 is 5.73 Å². The van der Waals surface area contributed by atoms with Crippen molar-refractivity contribution in [2.24, 2.45) is 16.6 Å². The number of nitrogens with one attached hydrogen (secondary N) is 1. The van der Waals surface area contributed by atoms with Crippen molar-refractivity contribution >= 4 is 11.9 Å². The van der Waals surface area contributed by atoms with Crippen molar-refractivity contribution in [3.05, 3.63) is 0 Å². The van der Waals surface area contributed by atoms with E-state index >= 15 is 0 Å². The van der Waals surface area contributed by atoms with Crippen LogP contribution < -0.4 is 11.1 Å². The van der Waals surface area contributed by atoms with Crippen molar-refractivity contribution in [3.63, 3.8) is 0 Å². The zero-order chi connectivity index (χ0) is 10.3. The van der Waals surface area contributed by atoms with E-state index in [2.05, 4.69) is 10.3 Å². The van der Waals surface area contributed by atoms with Gasteiger partial charge in [-0.15, -0.1) is 0 Å². The van der Waals surface area contributed by atoms with Crippen LogP contribution in [0.5, 0.6) is 0 Å². The van der Waals surface area contributed by atoms with Crippen LogP contribution in [0.2, 0.25) is 0 Å². The molecule has 0 fully saturated rings. The molecule has 0 aliphatic heterocycles. The fraction of sp³-hybridized carbons (Fsp3) is 0.778. The largest absolute Gasteiger partial charge is 0.370 e. The van der Waals surface area contributed by atoms with Crippen LogP contribution in [0.15, 0.2) is 4.99 Å². The van der Waals surface area contributed by atoms with Gasteiger partial charge in [-0.05, 0) is 12.8 Å². The van der Waals surface area contributed by atoms with E-state index in [0.29, 0.717) is 6.54 Å². The Kier molecular flexibility index (Phi) is 5.93. The van der Waals surface area contributed by atoms with Crippen LogP contribution in [0.3, 0.4) is 0 Å². The Hall–Kier alpha value is -1.06. The molecule has 0 aliphatic rings. The van der Waals surface area contributed by atoms with Crippen LogP contribution in [-0.4, -0.2) is 18.4 Å². The molecule has 0 rings (SSSR count). The molecule has 0 aromatic carbocycles. The molecule has 0 saturated carbocycles. The van der Waals surface area contributed by atoms with Gasteiger partial charge in [0.1, 0.15) is 0 Å². The second-order valence-electron chi connectivity index (χ2n) is 3.07. The Labute approximate surface area is 79.6 Å². The number of rotatable bonds is 4. The van der Waals surface area contributed by atoms with Crippen LogP contribution >= 0.6 is 0 Å². The Morgan fingerprint density at radius 1 is 1.54 bits per heavy atom. The van der Waals surface area contributed by atoms with Gasteiger partial charge in [0.2, 0.25) is 5.91 Å². The highest BCUT2D eigenvalue weighted by Crippen LogP contribution is 1.98. The fourth-order valence-corrected chi connectivity index (χ4v) is 0.707. The van der Waals surface area contributed by atoms with E-state index in [4.69, 9.17) is 5.73 Å². The third kappa shape index (κ3) is 5.22. The summed E-state index contributed by atoms with van der Waals surface area (Å²) in [4.78, 5) is 15.2. The normalized spacial score (nSPS) is 13.9. The van der Waals surface area contributed by atoms with Gasteiger partial charge in [-0.1, -0.05) is 20.8 Å². The average molecular weight is 185 g/mol. The zero-order valence-electron chi connectivity index (χ0n) is 8.63. The second kappa shape index (κ2) is 6.46. The summed E-state index contributed by atoms with van der Waals surface area (Å²) < 4.78 is 0. The smallest absolute Gasteiger partial charge is 0.229 e. The summed E-state index contributed by atoms with van der Waals surface area (Å²) in [6, 6.07) is 0. The van der Waals surface area contributed by atoms with E-state index in [1.54, 1.807) is 0 Å². The molecule has 0 radical (unpaired) electrons. The summed E-state index contributed by atoms with van der Waals surface area (Å²) in [6.07, 6.45) is 1.74. The molecule has 13 heavy (non-hydrogen) atoms. The van der Waals surface area contributed by atoms with E-state index < -0.39 is 0 Å². The number of hydrogen-bond donors (Lipinski definition) is 2. The molecule has 4 nitrogen and oxygen atoms in total. The molecule has 0 aliphatic carbocycles. The predicted octanol–water partition coefficient (Wildman–Crippen LogP) is 0.873. The summed E-state index contributed by atoms with van der Waals surface area (Å²) in [5.74, 6) is 0.169. The molecule has 0 aromatic rings. The topological polar surface area (TPSA) is 67.5 Å². The van der Waals surface area contributed by atoms with Crippen LogP contribution in [0.25, 0.3) is 0 Å². The number of nitrogens with zero attached hydrogens (tertiary/aromatic N) is 1. The minimum atomic E-state index is -0.0557. The summed E-state index contributed by atoms with van der Waals surface area (Å²) in [7, 11) is 0. The van der Waals surface area contributed by atoms with Crippen molar-refractivity contribution in [2.75, 3.05) is 6.54 Å². The van der Waals surface area contributed by atoms with E-state index in [9.17, 15) is 4.79 Å². The van der Waals surface area contributed by atoms with Crippen LogP contribution in [-0.2, 0) is 4.79 Å². The third-order valence-corrected chi connectivity index (χ3v) is 1.82. The third-order valence-electron chi connectivity index (χ3n) is 1.82. The summed E-state index contributed by atoms with van der Waals surface area (Å²) in [6.45, 7) is 6.49. The molecular formula is C9H19N3O. The highest BCUT2D eigenvalue weighted by Gasteiger charge is 2.10. The van der Waals surface area contributed by atoms with E-state index in [1.807, 2.05) is 20.8 Å². The van der Waals surface area contributed by atoms with Gasteiger partial charge >= 0.3 is 0 Å². The summed E-state index contributed by atoms with van der Waals surface area (Å²) >= 11 is 0. The summed E-state index contributed by atoms with van der Waals surface area (Å²) in [5, 5.41) is 2.55. The SMILES string of the molecule is CCCN=C(N)NC(=O)C(C)CC. The highest BCUT2D eigenvalue weighted by molar-refractivity contribution is 5.96. The lowest BCUT2D eigenvalue weighted by Gasteiger charge is -2.08. The molecule has 0 bridgehead atoms. The number of carbonyl (C=O) groups excluding carboxylic acids is 1. The Bertz CT molecular complexity index is 189. The molecule has 0 heterocycles. The van der Waals surface area contributed by atoms with Gasteiger partial charge in [0.15, 0.2) is 5.96 Å². The quantitative estimate of drug-likeness (QED) is 0.504. The molecular weight excluding hydrogens is 166 g/mol. The lowest BCUT2D eigenvalue weighted by atomic mass is 10.1. The van der Waals surface area contributed by atoms with Gasteiger partial charge in [-0.2, -0.15) is 0 Å². The predicted molar refractivity (Wildman–Crippen MR) is 54.4 cm³/mol. The van der Waals surface area contributed by atoms with Gasteiger partial charge in [0.05, 0.1) is 0 Å². The van der Waals surface area contributed by atoms with Crippen molar-refractivity contribution in [1.29, 1.82) is 0 Å². The fourth-order valence-electron chi connectivity index (χ4n) is 0.707. The number of nitrogens with two attached hydrogens (primary N) is 1. The van der Waals surface area contributed by atoms with Crippen LogP contribution in [0.1, 0.15) is 33.6 Å². The van der Waals surface area contributed by atoms with Crippen molar-refractivity contribution < 1.29 is 4.79 Å². The molecule has 0 aromatic heterocycles. The van der Waals surface area contributed by atoms with Crippen molar-refractivity contribution in [1.82, 2.24) is 5.32 Å². The minimum Gasteiger partial charge on any atom is -0.370 e. The Balaban J connectivity index is 3.90. The van der Waals surface area contributed by atoms with E-state index in [-0.39, 0.29) is 17.8 Å². The Morgan fingerprint density at radius 3 is 2.62 bits per heavy atom. The molecule has 76 valence electrons. The Morgan fingerprint density at radius 2 is 2.15 bits per heavy atom. The summed E-state index contributed by atoms with van der Waals surface area (Å²) in [5.41, 5.74) is 5.47. The first-order valence-corrected chi connectivity index (χ1v) is 4.72. The number of amides is 1. The van der Waals surface area contributed by atoms with Crippen molar-refractivity contribution in [2.45, 2.75) is 33.6 Å². The maximum Gasteiger partial charge on any atom is 0.229 e. The van der Waals surface area contributed by atoms with Gasteiger partial charge in [-0.3, -0.25) is 15.1 Å². The van der Waals surface area contributed by atoms with Gasteiger partial charge in [0.25, 0.3) is 0 Å². The molecule has 4 heteroatoms. The number of hydrogen-bond acceptors (Lipinski definition) is 2. The van der Waals surface area contributed by atoms with Crippen LogP contribution in [0.4, 0.5) is 0 Å². The number of carbonyl (C=O) groups is 1. The maximum absolute atomic E-state index is 11.3. The minimum absolute atomic E-state index is 0.00428. The maximum atomic E-state index is 11.3. The lowest BCUT2D eigenvalue weighted by Crippen LogP contribution is -2.39. The number of aliphatic imine (C=N–C) groups is 1. The van der Waals surface area contributed by atoms with Gasteiger partial charge in [0, 0.05) is 12.5 Å². The number of guanidine groups is 1. The molecule has 0 saturated heterocycles. The van der Waals surface area contributed by atoms with E-state index in [1.165, 1.54) is 0 Å². The van der Waals surface area contributed by atoms with Crippen LogP contribution in [0, 0.1) is 5.92 Å². The highest BCUT2D eigenvalue weighted by atomic mass is 16.2. The first kappa shape index (κ1) is 11.9. The second-order valence-corrected chi connectivity index (χ2v) is 3.07. The zero-order valence-corrected chi connectivity index (χ0v) is 8.63. The van der Waals surface area contributed by atoms with Crippen molar-refractivity contribution in [3.8, 4) is 0 Å². The molecule has 3 N–H and O–H groups in total. The van der Waals surface area contributed by atoms with Gasteiger partial charge in [-0.25, -0.2) is 0 Å².